The Morgan fingerprint density at radius 1 is 1.22 bits per heavy atom. The van der Waals surface area contributed by atoms with E-state index in [0.717, 1.165) is 24.3 Å². The van der Waals surface area contributed by atoms with Crippen molar-refractivity contribution >= 4 is 40.0 Å². The third kappa shape index (κ3) is 7.24. The fourth-order valence-corrected chi connectivity index (χ4v) is 4.48. The maximum absolute atomic E-state index is 8.28. The number of ether oxygens (including phenoxy) is 2. The van der Waals surface area contributed by atoms with Gasteiger partial charge < -0.3 is 30.8 Å². The van der Waals surface area contributed by atoms with Gasteiger partial charge in [-0.25, -0.2) is 14.7 Å². The van der Waals surface area contributed by atoms with E-state index < -0.39 is 0 Å². The molecule has 0 aliphatic carbocycles. The zero-order valence-electron chi connectivity index (χ0n) is 23.7. The number of aryl methyl sites for hydroxylation is 1. The van der Waals surface area contributed by atoms with Gasteiger partial charge in [-0.2, -0.15) is 0 Å². The van der Waals surface area contributed by atoms with Gasteiger partial charge in [-0.3, -0.25) is 10.4 Å². The summed E-state index contributed by atoms with van der Waals surface area (Å²) in [5, 5.41) is 8.20. The highest BCUT2D eigenvalue weighted by Gasteiger charge is 2.33. The van der Waals surface area contributed by atoms with Crippen LogP contribution in [0.1, 0.15) is 24.5 Å². The van der Waals surface area contributed by atoms with E-state index in [4.69, 9.17) is 38.1 Å². The molecule has 11 nitrogen and oxygen atoms in total. The van der Waals surface area contributed by atoms with Gasteiger partial charge in [0.25, 0.3) is 0 Å². The fraction of sp³-hybridized carbons (Fsp3) is 0.310. The number of hydrogen-bond donors (Lipinski definition) is 3. The van der Waals surface area contributed by atoms with Crippen molar-refractivity contribution < 1.29 is 9.47 Å². The molecule has 0 radical (unpaired) electrons. The molecular formula is C29H36ClN9O2. The lowest BCUT2D eigenvalue weighted by Crippen LogP contribution is -2.57. The van der Waals surface area contributed by atoms with Gasteiger partial charge in [0, 0.05) is 49.7 Å². The Morgan fingerprint density at radius 2 is 1.98 bits per heavy atom. The highest BCUT2D eigenvalue weighted by atomic mass is 35.5. The predicted octanol–water partition coefficient (Wildman–Crippen LogP) is 4.20. The van der Waals surface area contributed by atoms with Crippen LogP contribution in [0.4, 0.5) is 17.1 Å². The first kappa shape index (κ1) is 29.6. The summed E-state index contributed by atoms with van der Waals surface area (Å²) in [6.45, 7) is 6.00. The molecular weight excluding hydrogens is 542 g/mol. The smallest absolute Gasteiger partial charge is 0.224 e. The number of likely N-dealkylation sites (N-methyl/N-ethyl adjacent to an activating group) is 1. The summed E-state index contributed by atoms with van der Waals surface area (Å²) in [6.07, 6.45) is 7.15. The second-order valence-electron chi connectivity index (χ2n) is 9.76. The van der Waals surface area contributed by atoms with Crippen LogP contribution in [-0.2, 0) is 0 Å². The number of nitrogens with zero attached hydrogens (tertiary/aromatic N) is 6. The second kappa shape index (κ2) is 13.3. The zero-order valence-corrected chi connectivity index (χ0v) is 24.5. The molecule has 1 fully saturated rings. The van der Waals surface area contributed by atoms with Gasteiger partial charge in [0.05, 0.1) is 23.5 Å². The molecule has 0 bridgehead atoms. The zero-order chi connectivity index (χ0) is 29.5. The summed E-state index contributed by atoms with van der Waals surface area (Å²) in [5.74, 6) is 7.69. The minimum Gasteiger partial charge on any atom is -0.492 e. The van der Waals surface area contributed by atoms with Gasteiger partial charge in [0.15, 0.2) is 5.49 Å². The number of nitrogens with two attached hydrogens (primary N) is 2. The monoisotopic (exact) mass is 577 g/mol. The molecule has 0 atom stereocenters. The number of halogens is 1. The van der Waals surface area contributed by atoms with E-state index in [9.17, 15) is 0 Å². The van der Waals surface area contributed by atoms with E-state index in [2.05, 4.69) is 38.9 Å². The summed E-state index contributed by atoms with van der Waals surface area (Å²) in [6, 6.07) is 11.2. The van der Waals surface area contributed by atoms with Crippen LogP contribution < -0.4 is 31.4 Å². The summed E-state index contributed by atoms with van der Waals surface area (Å²) >= 11 is 6.29. The summed E-state index contributed by atoms with van der Waals surface area (Å²) < 4.78 is 13.1. The standard InChI is InChI=1S/C29H36ClN9O2/c1-5-40-24-11-9-22(27(29(30)32)28(24)38-16-21(17-38)37(3)4)34-12-6-7-13-35-25-15-26(36-18-39(25)33)41-23-10-8-20(31)14-19(23)2/h7-15,18,21,32H,5-6,16-17,31,33H2,1-4H3/b13-7-,32-29?,34-12-,35-25-. The predicted molar refractivity (Wildman–Crippen MR) is 165 cm³/mol. The largest absolute Gasteiger partial charge is 0.492 e. The molecule has 1 saturated heterocycles. The van der Waals surface area contributed by atoms with Crippen molar-refractivity contribution in [3.63, 3.8) is 0 Å². The van der Waals surface area contributed by atoms with Gasteiger partial charge in [0.2, 0.25) is 5.88 Å². The topological polar surface area (TPSA) is 143 Å². The molecule has 12 heteroatoms. The minimum absolute atomic E-state index is 0.0788. The van der Waals surface area contributed by atoms with Crippen LogP contribution in [0.5, 0.6) is 17.4 Å². The molecule has 0 spiro atoms. The van der Waals surface area contributed by atoms with Gasteiger partial charge >= 0.3 is 0 Å². The maximum Gasteiger partial charge on any atom is 0.224 e. The highest BCUT2D eigenvalue weighted by molar-refractivity contribution is 6.69. The quantitative estimate of drug-likeness (QED) is 0.176. The lowest BCUT2D eigenvalue weighted by atomic mass is 10.0. The van der Waals surface area contributed by atoms with Crippen LogP contribution in [-0.4, -0.2) is 65.8 Å². The first-order valence-electron chi connectivity index (χ1n) is 13.2. The number of aliphatic imine (C=N–C) groups is 1. The molecule has 0 amide bonds. The van der Waals surface area contributed by atoms with Gasteiger partial charge in [-0.15, -0.1) is 0 Å². The van der Waals surface area contributed by atoms with Crippen molar-refractivity contribution in [3.05, 3.63) is 71.6 Å². The molecule has 1 aliphatic heterocycles. The van der Waals surface area contributed by atoms with Gasteiger partial charge in [-0.05, 0) is 63.8 Å². The van der Waals surface area contributed by atoms with Gasteiger partial charge in [0.1, 0.15) is 23.0 Å². The molecule has 0 saturated carbocycles. The number of rotatable bonds is 11. The Labute approximate surface area is 244 Å². The average molecular weight is 578 g/mol. The molecule has 0 unspecified atom stereocenters. The van der Waals surface area contributed by atoms with E-state index in [1.807, 2.05) is 38.1 Å². The molecule has 1 aliphatic rings. The van der Waals surface area contributed by atoms with E-state index >= 15 is 0 Å². The normalized spacial score (nSPS) is 14.3. The molecule has 2 aromatic carbocycles. The molecule has 5 N–H and O–H groups in total. The van der Waals surface area contributed by atoms with E-state index in [1.165, 1.54) is 11.0 Å². The summed E-state index contributed by atoms with van der Waals surface area (Å²) in [7, 11) is 4.13. The highest BCUT2D eigenvalue weighted by Crippen LogP contribution is 2.41. The third-order valence-electron chi connectivity index (χ3n) is 6.57. The number of benzene rings is 2. The van der Waals surface area contributed by atoms with Crippen LogP contribution in [0.25, 0.3) is 0 Å². The van der Waals surface area contributed by atoms with Crippen molar-refractivity contribution in [2.45, 2.75) is 26.3 Å². The average Bonchev–Trinajstić information content (AvgIpc) is 2.89. The van der Waals surface area contributed by atoms with Crippen LogP contribution in [0, 0.1) is 12.3 Å². The number of aromatic nitrogens is 2. The van der Waals surface area contributed by atoms with E-state index in [1.54, 1.807) is 30.6 Å². The molecule has 216 valence electrons. The van der Waals surface area contributed by atoms with E-state index in [-0.39, 0.29) is 5.17 Å². The Kier molecular flexibility index (Phi) is 9.64. The molecule has 3 aromatic rings. The van der Waals surface area contributed by atoms with Crippen molar-refractivity contribution in [2.75, 3.05) is 50.3 Å². The van der Waals surface area contributed by atoms with Crippen molar-refractivity contribution in [1.29, 1.82) is 5.41 Å². The Morgan fingerprint density at radius 3 is 2.66 bits per heavy atom. The molecule has 2 heterocycles. The first-order chi connectivity index (χ1) is 19.7. The first-order valence-corrected chi connectivity index (χ1v) is 13.6. The number of allylic oxidation sites excluding steroid dienone is 1. The van der Waals surface area contributed by atoms with Crippen LogP contribution in [0.2, 0.25) is 0 Å². The Balaban J connectivity index is 1.48. The Hall–Kier alpha value is -4.35. The van der Waals surface area contributed by atoms with Crippen molar-refractivity contribution in [2.24, 2.45) is 9.98 Å². The van der Waals surface area contributed by atoms with Crippen molar-refractivity contribution in [1.82, 2.24) is 14.6 Å². The summed E-state index contributed by atoms with van der Waals surface area (Å²) in [4.78, 5) is 17.6. The van der Waals surface area contributed by atoms with Crippen LogP contribution in [0.3, 0.4) is 0 Å². The Bertz CT molecular complexity index is 1530. The minimum atomic E-state index is -0.0788. The number of nitrogens with one attached hydrogen (secondary N) is 1. The third-order valence-corrected chi connectivity index (χ3v) is 6.76. The number of anilines is 2. The molecule has 1 aromatic heterocycles. The van der Waals surface area contributed by atoms with E-state index in [0.29, 0.717) is 58.9 Å². The van der Waals surface area contributed by atoms with Crippen LogP contribution in [0.15, 0.2) is 65.0 Å². The lowest BCUT2D eigenvalue weighted by Gasteiger charge is -2.45. The number of hydrogen-bond acceptors (Lipinski definition) is 10. The molecule has 41 heavy (non-hydrogen) atoms. The molecule has 4 rings (SSSR count). The van der Waals surface area contributed by atoms with Gasteiger partial charge in [-0.1, -0.05) is 17.7 Å². The summed E-state index contributed by atoms with van der Waals surface area (Å²) in [5.41, 5.74) is 9.80. The SMILES string of the molecule is CCOc1ccc(/N=C\C/C=C\N=c2\cc(Oc3ccc(N)cc3C)ncn2N)c(C(=N)Cl)c1N1CC(N(C)C)C1. The maximum atomic E-state index is 8.28. The fourth-order valence-electron chi connectivity index (χ4n) is 4.30. The van der Waals surface area contributed by atoms with Crippen molar-refractivity contribution in [3.8, 4) is 17.4 Å². The van der Waals surface area contributed by atoms with Crippen LogP contribution >= 0.6 is 11.6 Å². The number of nitrogen functional groups attached to an aromatic ring is 2. The lowest BCUT2D eigenvalue weighted by molar-refractivity contribution is 0.244. The second-order valence-corrected chi connectivity index (χ2v) is 10.1.